The molecule has 17 heavy (non-hydrogen) atoms. The van der Waals surface area contributed by atoms with Crippen LogP contribution in [0.4, 0.5) is 0 Å². The zero-order valence-electron chi connectivity index (χ0n) is 10.1. The van der Waals surface area contributed by atoms with Crippen molar-refractivity contribution in [3.63, 3.8) is 0 Å². The summed E-state index contributed by atoms with van der Waals surface area (Å²) in [6.45, 7) is 3.72. The number of rotatable bonds is 2. The Labute approximate surface area is 101 Å². The average Bonchev–Trinajstić information content (AvgIpc) is 2.33. The van der Waals surface area contributed by atoms with Crippen LogP contribution in [-0.4, -0.2) is 50.1 Å². The van der Waals surface area contributed by atoms with Gasteiger partial charge < -0.3 is 15.0 Å². The van der Waals surface area contributed by atoms with Crippen molar-refractivity contribution < 1.29 is 14.3 Å². The normalized spacial score (nSPS) is 22.5. The van der Waals surface area contributed by atoms with Crippen molar-refractivity contribution in [1.29, 1.82) is 0 Å². The van der Waals surface area contributed by atoms with Crippen LogP contribution in [0, 0.1) is 5.41 Å². The standard InChI is InChI=1S/C12H18N2O3/c1-17-11(16)3-2-10(15)14-6-4-12(5-7-14)8-13-9-12/h2-3,13H,4-9H2,1H3/b3-2+. The Morgan fingerprint density at radius 1 is 1.24 bits per heavy atom. The van der Waals surface area contributed by atoms with Crippen LogP contribution in [0.25, 0.3) is 0 Å². The number of esters is 1. The summed E-state index contributed by atoms with van der Waals surface area (Å²) in [7, 11) is 1.30. The summed E-state index contributed by atoms with van der Waals surface area (Å²) in [5.74, 6) is -0.590. The molecule has 1 N–H and O–H groups in total. The third kappa shape index (κ3) is 2.66. The minimum atomic E-state index is -0.491. The Morgan fingerprint density at radius 3 is 2.35 bits per heavy atom. The quantitative estimate of drug-likeness (QED) is 0.540. The molecule has 1 spiro atoms. The highest BCUT2D eigenvalue weighted by atomic mass is 16.5. The number of likely N-dealkylation sites (tertiary alicyclic amines) is 1. The fourth-order valence-corrected chi connectivity index (χ4v) is 2.35. The Bertz CT molecular complexity index is 338. The van der Waals surface area contributed by atoms with Crippen LogP contribution in [0.2, 0.25) is 0 Å². The Morgan fingerprint density at radius 2 is 1.88 bits per heavy atom. The van der Waals surface area contributed by atoms with Crippen molar-refractivity contribution in [2.45, 2.75) is 12.8 Å². The van der Waals surface area contributed by atoms with Gasteiger partial charge in [-0.25, -0.2) is 4.79 Å². The average molecular weight is 238 g/mol. The van der Waals surface area contributed by atoms with Crippen LogP contribution in [0.1, 0.15) is 12.8 Å². The van der Waals surface area contributed by atoms with Gasteiger partial charge in [0.25, 0.3) is 0 Å². The number of ether oxygens (including phenoxy) is 1. The third-order valence-corrected chi connectivity index (χ3v) is 3.70. The molecule has 0 radical (unpaired) electrons. The monoisotopic (exact) mass is 238 g/mol. The first-order chi connectivity index (χ1) is 8.15. The summed E-state index contributed by atoms with van der Waals surface area (Å²) in [5.41, 5.74) is 0.433. The molecule has 94 valence electrons. The van der Waals surface area contributed by atoms with E-state index < -0.39 is 5.97 Å². The molecule has 2 fully saturated rings. The van der Waals surface area contributed by atoms with Crippen molar-refractivity contribution in [2.24, 2.45) is 5.41 Å². The molecule has 1 amide bonds. The van der Waals surface area contributed by atoms with E-state index in [0.717, 1.165) is 39.0 Å². The predicted octanol–water partition coefficient (Wildman–Crippen LogP) is -0.0724. The number of hydrogen-bond acceptors (Lipinski definition) is 4. The van der Waals surface area contributed by atoms with E-state index in [4.69, 9.17) is 0 Å². The van der Waals surface area contributed by atoms with Gasteiger partial charge in [-0.1, -0.05) is 0 Å². The maximum Gasteiger partial charge on any atom is 0.330 e. The lowest BCUT2D eigenvalue weighted by molar-refractivity contribution is -0.135. The van der Waals surface area contributed by atoms with Gasteiger partial charge in [0.1, 0.15) is 0 Å². The molecule has 0 aromatic carbocycles. The lowest BCUT2D eigenvalue weighted by Gasteiger charge is -2.48. The van der Waals surface area contributed by atoms with Gasteiger partial charge in [-0.15, -0.1) is 0 Å². The van der Waals surface area contributed by atoms with Crippen LogP contribution >= 0.6 is 0 Å². The first kappa shape index (κ1) is 12.1. The Hall–Kier alpha value is -1.36. The van der Waals surface area contributed by atoms with E-state index in [9.17, 15) is 9.59 Å². The number of methoxy groups -OCH3 is 1. The second-order valence-corrected chi connectivity index (χ2v) is 4.79. The number of carbonyl (C=O) groups is 2. The smallest absolute Gasteiger partial charge is 0.330 e. The van der Waals surface area contributed by atoms with Gasteiger partial charge in [-0.2, -0.15) is 0 Å². The zero-order chi connectivity index (χ0) is 12.3. The van der Waals surface area contributed by atoms with Gasteiger partial charge in [0.2, 0.25) is 5.91 Å². The SMILES string of the molecule is COC(=O)/C=C/C(=O)N1CCC2(CC1)CNC2. The summed E-state index contributed by atoms with van der Waals surface area (Å²) in [4.78, 5) is 24.4. The van der Waals surface area contributed by atoms with Crippen LogP contribution < -0.4 is 5.32 Å². The number of carbonyl (C=O) groups excluding carboxylic acids is 2. The van der Waals surface area contributed by atoms with Gasteiger partial charge in [-0.05, 0) is 18.3 Å². The highest BCUT2D eigenvalue weighted by molar-refractivity contribution is 5.94. The Kier molecular flexibility index (Phi) is 3.47. The number of hydrogen-bond donors (Lipinski definition) is 1. The van der Waals surface area contributed by atoms with E-state index in [1.807, 2.05) is 0 Å². The van der Waals surface area contributed by atoms with Gasteiger partial charge in [0, 0.05) is 38.3 Å². The maximum absolute atomic E-state index is 11.8. The molecule has 2 aliphatic rings. The number of piperidine rings is 1. The van der Waals surface area contributed by atoms with Crippen molar-refractivity contribution in [3.05, 3.63) is 12.2 Å². The lowest BCUT2D eigenvalue weighted by Crippen LogP contribution is -2.58. The van der Waals surface area contributed by atoms with Crippen LogP contribution in [0.15, 0.2) is 12.2 Å². The first-order valence-electron chi connectivity index (χ1n) is 5.91. The summed E-state index contributed by atoms with van der Waals surface area (Å²) in [5, 5.41) is 3.28. The molecule has 0 aromatic heterocycles. The van der Waals surface area contributed by atoms with E-state index in [-0.39, 0.29) is 5.91 Å². The number of amides is 1. The topological polar surface area (TPSA) is 58.6 Å². The molecular formula is C12H18N2O3. The lowest BCUT2D eigenvalue weighted by atomic mass is 9.73. The fourth-order valence-electron chi connectivity index (χ4n) is 2.35. The molecule has 0 bridgehead atoms. The molecular weight excluding hydrogens is 220 g/mol. The molecule has 0 aliphatic carbocycles. The maximum atomic E-state index is 11.8. The first-order valence-corrected chi connectivity index (χ1v) is 5.91. The van der Waals surface area contributed by atoms with E-state index in [1.165, 1.54) is 19.3 Å². The highest BCUT2D eigenvalue weighted by Gasteiger charge is 2.40. The van der Waals surface area contributed by atoms with Crippen LogP contribution in [-0.2, 0) is 14.3 Å². The largest absolute Gasteiger partial charge is 0.466 e. The molecule has 2 rings (SSSR count). The molecule has 0 saturated carbocycles. The summed E-state index contributed by atoms with van der Waals surface area (Å²) < 4.78 is 4.44. The second-order valence-electron chi connectivity index (χ2n) is 4.79. The number of nitrogens with one attached hydrogen (secondary N) is 1. The van der Waals surface area contributed by atoms with Gasteiger partial charge >= 0.3 is 5.97 Å². The van der Waals surface area contributed by atoms with Crippen molar-refractivity contribution in [2.75, 3.05) is 33.3 Å². The van der Waals surface area contributed by atoms with Gasteiger partial charge in [0.05, 0.1) is 7.11 Å². The van der Waals surface area contributed by atoms with Gasteiger partial charge in [-0.3, -0.25) is 4.79 Å². The number of nitrogens with zero attached hydrogens (tertiary/aromatic N) is 1. The van der Waals surface area contributed by atoms with Crippen LogP contribution in [0.5, 0.6) is 0 Å². The molecule has 2 heterocycles. The summed E-state index contributed by atoms with van der Waals surface area (Å²) >= 11 is 0. The molecule has 2 saturated heterocycles. The highest BCUT2D eigenvalue weighted by Crippen LogP contribution is 2.34. The van der Waals surface area contributed by atoms with E-state index in [1.54, 1.807) is 4.90 Å². The van der Waals surface area contributed by atoms with E-state index in [0.29, 0.717) is 5.41 Å². The zero-order valence-corrected chi connectivity index (χ0v) is 10.1. The van der Waals surface area contributed by atoms with Crippen molar-refractivity contribution in [1.82, 2.24) is 10.2 Å². The molecule has 2 aliphatic heterocycles. The fraction of sp³-hybridized carbons (Fsp3) is 0.667. The van der Waals surface area contributed by atoms with Crippen LogP contribution in [0.3, 0.4) is 0 Å². The molecule has 0 atom stereocenters. The second kappa shape index (κ2) is 4.87. The summed E-state index contributed by atoms with van der Waals surface area (Å²) in [6.07, 6.45) is 4.58. The third-order valence-electron chi connectivity index (χ3n) is 3.70. The summed E-state index contributed by atoms with van der Waals surface area (Å²) in [6, 6.07) is 0. The van der Waals surface area contributed by atoms with E-state index in [2.05, 4.69) is 10.1 Å². The molecule has 0 unspecified atom stereocenters. The van der Waals surface area contributed by atoms with Gasteiger partial charge in [0.15, 0.2) is 0 Å². The Balaban J connectivity index is 1.81. The molecule has 5 heteroatoms. The van der Waals surface area contributed by atoms with E-state index >= 15 is 0 Å². The van der Waals surface area contributed by atoms with Crippen molar-refractivity contribution in [3.8, 4) is 0 Å². The minimum absolute atomic E-state index is 0.0995. The molecule has 5 nitrogen and oxygen atoms in total. The minimum Gasteiger partial charge on any atom is -0.466 e. The molecule has 0 aromatic rings. The predicted molar refractivity (Wildman–Crippen MR) is 62.3 cm³/mol. The van der Waals surface area contributed by atoms with Crippen molar-refractivity contribution >= 4 is 11.9 Å².